The lowest BCUT2D eigenvalue weighted by atomic mass is 10.0. The number of aryl methyl sites for hydroxylation is 1. The molecule has 0 saturated heterocycles. The summed E-state index contributed by atoms with van der Waals surface area (Å²) in [5.41, 5.74) is 1.80. The van der Waals surface area contributed by atoms with Crippen molar-refractivity contribution in [3.63, 3.8) is 0 Å². The fraction of sp³-hybridized carbons (Fsp3) is 0.273. The second kappa shape index (κ2) is 9.08. The summed E-state index contributed by atoms with van der Waals surface area (Å²) in [6.45, 7) is 1.81. The molecule has 0 aliphatic rings. The standard InChI is InChI=1S/C22H22N2O4/c1-2-3-6-15-9-11-16(12-10-15)20(25)14-28-21(26)13-19-17-7-4-5-8-18(17)22(27)24-23-19/h4-5,7-12H,2-3,6,13-14H2,1H3,(H,24,27). The van der Waals surface area contributed by atoms with Crippen LogP contribution >= 0.6 is 0 Å². The number of rotatable bonds is 8. The van der Waals surface area contributed by atoms with Crippen LogP contribution in [0.1, 0.15) is 41.4 Å². The van der Waals surface area contributed by atoms with Gasteiger partial charge in [-0.1, -0.05) is 55.8 Å². The van der Waals surface area contributed by atoms with Gasteiger partial charge in [0.2, 0.25) is 0 Å². The quantitative estimate of drug-likeness (QED) is 0.480. The van der Waals surface area contributed by atoms with Gasteiger partial charge in [-0.25, -0.2) is 5.10 Å². The Morgan fingerprint density at radius 2 is 1.75 bits per heavy atom. The maximum Gasteiger partial charge on any atom is 0.312 e. The Hall–Kier alpha value is -3.28. The smallest absolute Gasteiger partial charge is 0.312 e. The highest BCUT2D eigenvalue weighted by Gasteiger charge is 2.14. The van der Waals surface area contributed by atoms with Gasteiger partial charge in [-0.15, -0.1) is 0 Å². The van der Waals surface area contributed by atoms with Gasteiger partial charge in [0.1, 0.15) is 0 Å². The van der Waals surface area contributed by atoms with E-state index in [2.05, 4.69) is 17.1 Å². The highest BCUT2D eigenvalue weighted by Crippen LogP contribution is 2.13. The molecule has 3 aromatic rings. The van der Waals surface area contributed by atoms with Gasteiger partial charge in [-0.05, 0) is 24.5 Å². The van der Waals surface area contributed by atoms with Crippen molar-refractivity contribution in [2.24, 2.45) is 0 Å². The molecule has 6 nitrogen and oxygen atoms in total. The number of benzene rings is 2. The van der Waals surface area contributed by atoms with E-state index in [1.54, 1.807) is 36.4 Å². The van der Waals surface area contributed by atoms with Crippen LogP contribution in [-0.4, -0.2) is 28.6 Å². The van der Waals surface area contributed by atoms with E-state index >= 15 is 0 Å². The number of hydrogen-bond donors (Lipinski definition) is 1. The number of fused-ring (bicyclic) bond motifs is 1. The molecule has 0 fully saturated rings. The maximum absolute atomic E-state index is 12.2. The van der Waals surface area contributed by atoms with Crippen LogP contribution in [0.5, 0.6) is 0 Å². The van der Waals surface area contributed by atoms with E-state index in [4.69, 9.17) is 4.74 Å². The summed E-state index contributed by atoms with van der Waals surface area (Å²) >= 11 is 0. The predicted octanol–water partition coefficient (Wildman–Crippen LogP) is 3.23. The summed E-state index contributed by atoms with van der Waals surface area (Å²) in [4.78, 5) is 36.2. The minimum Gasteiger partial charge on any atom is -0.457 e. The van der Waals surface area contributed by atoms with Crippen molar-refractivity contribution in [1.82, 2.24) is 10.2 Å². The molecule has 1 heterocycles. The Labute approximate surface area is 162 Å². The van der Waals surface area contributed by atoms with Crippen molar-refractivity contribution in [2.45, 2.75) is 32.6 Å². The predicted molar refractivity (Wildman–Crippen MR) is 106 cm³/mol. The SMILES string of the molecule is CCCCc1ccc(C(=O)COC(=O)Cc2n[nH]c(=O)c3ccccc23)cc1. The third kappa shape index (κ3) is 4.71. The molecule has 0 aliphatic carbocycles. The molecule has 0 atom stereocenters. The largest absolute Gasteiger partial charge is 0.457 e. The molecule has 0 unspecified atom stereocenters. The number of esters is 1. The number of hydrogen-bond acceptors (Lipinski definition) is 5. The number of H-pyrrole nitrogens is 1. The van der Waals surface area contributed by atoms with Gasteiger partial charge < -0.3 is 4.74 Å². The van der Waals surface area contributed by atoms with Crippen molar-refractivity contribution in [3.05, 3.63) is 75.7 Å². The molecule has 1 N–H and O–H groups in total. The first kappa shape index (κ1) is 19.5. The van der Waals surface area contributed by atoms with Crippen LogP contribution < -0.4 is 5.56 Å². The number of carbonyl (C=O) groups is 2. The zero-order valence-corrected chi connectivity index (χ0v) is 15.7. The van der Waals surface area contributed by atoms with E-state index in [1.807, 2.05) is 12.1 Å². The molecule has 0 saturated carbocycles. The summed E-state index contributed by atoms with van der Waals surface area (Å²) < 4.78 is 5.12. The first-order chi connectivity index (χ1) is 13.6. The van der Waals surface area contributed by atoms with Crippen LogP contribution in [0.25, 0.3) is 10.8 Å². The fourth-order valence-electron chi connectivity index (χ4n) is 2.96. The van der Waals surface area contributed by atoms with E-state index in [1.165, 1.54) is 5.56 Å². The number of ketones is 1. The third-order valence-corrected chi connectivity index (χ3v) is 4.55. The molecule has 144 valence electrons. The molecule has 0 spiro atoms. The average molecular weight is 378 g/mol. The van der Waals surface area contributed by atoms with Crippen LogP contribution in [0, 0.1) is 0 Å². The van der Waals surface area contributed by atoms with Gasteiger partial charge in [0.05, 0.1) is 17.5 Å². The molecular formula is C22H22N2O4. The summed E-state index contributed by atoms with van der Waals surface area (Å²) in [6, 6.07) is 14.3. The first-order valence-electron chi connectivity index (χ1n) is 9.32. The molecule has 1 aromatic heterocycles. The minimum atomic E-state index is -0.572. The zero-order valence-electron chi connectivity index (χ0n) is 15.7. The molecule has 0 aliphatic heterocycles. The van der Waals surface area contributed by atoms with Crippen molar-refractivity contribution < 1.29 is 14.3 Å². The highest BCUT2D eigenvalue weighted by atomic mass is 16.5. The van der Waals surface area contributed by atoms with E-state index in [0.29, 0.717) is 22.0 Å². The van der Waals surface area contributed by atoms with Crippen LogP contribution in [-0.2, 0) is 22.4 Å². The van der Waals surface area contributed by atoms with Gasteiger partial charge in [0, 0.05) is 10.9 Å². The Balaban J connectivity index is 1.59. The van der Waals surface area contributed by atoms with Gasteiger partial charge in [0.25, 0.3) is 5.56 Å². The molecule has 6 heteroatoms. The molecule has 0 amide bonds. The number of aromatic nitrogens is 2. The number of nitrogens with zero attached hydrogens (tertiary/aromatic N) is 1. The summed E-state index contributed by atoms with van der Waals surface area (Å²) in [6.07, 6.45) is 3.09. The van der Waals surface area contributed by atoms with E-state index < -0.39 is 5.97 Å². The third-order valence-electron chi connectivity index (χ3n) is 4.55. The Bertz CT molecular complexity index is 1040. The van der Waals surface area contributed by atoms with Crippen LogP contribution in [0.4, 0.5) is 0 Å². The zero-order chi connectivity index (χ0) is 19.9. The highest BCUT2D eigenvalue weighted by molar-refractivity contribution is 5.98. The summed E-state index contributed by atoms with van der Waals surface area (Å²) in [5, 5.41) is 7.37. The molecular weight excluding hydrogens is 356 g/mol. The van der Waals surface area contributed by atoms with E-state index in [9.17, 15) is 14.4 Å². The van der Waals surface area contributed by atoms with Crippen molar-refractivity contribution in [1.29, 1.82) is 0 Å². The van der Waals surface area contributed by atoms with E-state index in [0.717, 1.165) is 19.3 Å². The molecule has 3 rings (SSSR count). The van der Waals surface area contributed by atoms with Gasteiger partial charge in [-0.2, -0.15) is 5.10 Å². The van der Waals surface area contributed by atoms with Crippen LogP contribution in [0.3, 0.4) is 0 Å². The minimum absolute atomic E-state index is 0.124. The van der Waals surface area contributed by atoms with E-state index in [-0.39, 0.29) is 24.4 Å². The second-order valence-electron chi connectivity index (χ2n) is 6.61. The number of nitrogens with one attached hydrogen (secondary N) is 1. The lowest BCUT2D eigenvalue weighted by Gasteiger charge is -2.07. The summed E-state index contributed by atoms with van der Waals surface area (Å²) in [5.74, 6) is -0.827. The van der Waals surface area contributed by atoms with Crippen molar-refractivity contribution in [3.8, 4) is 0 Å². The number of ether oxygens (including phenoxy) is 1. The second-order valence-corrected chi connectivity index (χ2v) is 6.61. The topological polar surface area (TPSA) is 89.1 Å². The normalized spacial score (nSPS) is 10.8. The molecule has 0 radical (unpaired) electrons. The van der Waals surface area contributed by atoms with Gasteiger partial charge in [-0.3, -0.25) is 14.4 Å². The summed E-state index contributed by atoms with van der Waals surface area (Å²) in [7, 11) is 0. The van der Waals surface area contributed by atoms with Crippen molar-refractivity contribution >= 4 is 22.5 Å². The Morgan fingerprint density at radius 1 is 1.04 bits per heavy atom. The Kier molecular flexibility index (Phi) is 6.32. The number of Topliss-reactive ketones (excluding diaryl/α,β-unsaturated/α-hetero) is 1. The van der Waals surface area contributed by atoms with Crippen LogP contribution in [0.15, 0.2) is 53.3 Å². The Morgan fingerprint density at radius 3 is 2.46 bits per heavy atom. The maximum atomic E-state index is 12.2. The lowest BCUT2D eigenvalue weighted by molar-refractivity contribution is -0.141. The average Bonchev–Trinajstić information content (AvgIpc) is 2.73. The number of unbranched alkanes of at least 4 members (excludes halogenated alkanes) is 1. The fourth-order valence-corrected chi connectivity index (χ4v) is 2.96. The molecule has 2 aromatic carbocycles. The van der Waals surface area contributed by atoms with Crippen molar-refractivity contribution in [2.75, 3.05) is 6.61 Å². The van der Waals surface area contributed by atoms with Gasteiger partial charge >= 0.3 is 5.97 Å². The van der Waals surface area contributed by atoms with Crippen LogP contribution in [0.2, 0.25) is 0 Å². The number of carbonyl (C=O) groups excluding carboxylic acids is 2. The number of aromatic amines is 1. The molecule has 28 heavy (non-hydrogen) atoms. The monoisotopic (exact) mass is 378 g/mol. The molecule has 0 bridgehead atoms. The lowest BCUT2D eigenvalue weighted by Crippen LogP contribution is -2.18. The van der Waals surface area contributed by atoms with Gasteiger partial charge in [0.15, 0.2) is 12.4 Å². The first-order valence-corrected chi connectivity index (χ1v) is 9.32.